The standard InChI is InChI=1S/C46H54N6O4/c1-5-47(6-2)23-25-51-43(53)31-17-15-29-40-36(50-21-13-10-14-22-50)28-34-38-32(44(54)52(46(34)56)26-24-48(7-3)8-4)18-16-30(42(38)40)39-35(49-19-11-9-12-20-49)27-33(45(51)55)37(31)41(29)39/h15-18,27-28H,5-14,19-26H2,1-4H3/p+2. The van der Waals surface area contributed by atoms with Gasteiger partial charge in [-0.25, -0.2) is 0 Å². The summed E-state index contributed by atoms with van der Waals surface area (Å²) in [5.74, 6) is -0.892. The van der Waals surface area contributed by atoms with Gasteiger partial charge in [-0.05, 0) is 101 Å². The lowest BCUT2D eigenvalue weighted by molar-refractivity contribution is -0.895. The second-order valence-corrected chi connectivity index (χ2v) is 16.5. The normalized spacial score (nSPS) is 17.8. The van der Waals surface area contributed by atoms with E-state index in [4.69, 9.17) is 0 Å². The predicted octanol–water partition coefficient (Wildman–Crippen LogP) is 4.76. The highest BCUT2D eigenvalue weighted by Gasteiger charge is 2.40. The van der Waals surface area contributed by atoms with Crippen molar-refractivity contribution in [2.24, 2.45) is 0 Å². The van der Waals surface area contributed by atoms with Crippen LogP contribution >= 0.6 is 0 Å². The van der Waals surface area contributed by atoms with Gasteiger partial charge in [0.25, 0.3) is 23.6 Å². The van der Waals surface area contributed by atoms with E-state index in [2.05, 4.69) is 61.8 Å². The molecule has 4 heterocycles. The minimum absolute atomic E-state index is 0.217. The average Bonchev–Trinajstić information content (AvgIpc) is 3.24. The molecule has 4 aliphatic rings. The molecule has 4 aliphatic heterocycles. The Morgan fingerprint density at radius 2 is 0.804 bits per heavy atom. The number of amides is 4. The summed E-state index contributed by atoms with van der Waals surface area (Å²) in [4.78, 5) is 68.8. The van der Waals surface area contributed by atoms with Gasteiger partial charge in [-0.1, -0.05) is 12.1 Å². The third kappa shape index (κ3) is 5.57. The highest BCUT2D eigenvalue weighted by Crippen LogP contribution is 2.52. The van der Waals surface area contributed by atoms with Crippen LogP contribution in [0.4, 0.5) is 11.4 Å². The van der Waals surface area contributed by atoms with E-state index in [0.29, 0.717) is 48.4 Å². The zero-order valence-electron chi connectivity index (χ0n) is 33.6. The molecule has 2 N–H and O–H groups in total. The third-order valence-electron chi connectivity index (χ3n) is 13.7. The number of carbonyl (C=O) groups is 4. The molecule has 0 aromatic heterocycles. The van der Waals surface area contributed by atoms with Gasteiger partial charge >= 0.3 is 0 Å². The maximum absolute atomic E-state index is 14.7. The predicted molar refractivity (Wildman–Crippen MR) is 224 cm³/mol. The fourth-order valence-corrected chi connectivity index (χ4v) is 10.4. The fraction of sp³-hybridized carbons (Fsp3) is 0.478. The van der Waals surface area contributed by atoms with Crippen LogP contribution in [0.1, 0.15) is 108 Å². The summed E-state index contributed by atoms with van der Waals surface area (Å²) in [7, 11) is 0. The zero-order valence-corrected chi connectivity index (χ0v) is 33.6. The minimum Gasteiger partial charge on any atom is -0.371 e. The van der Waals surface area contributed by atoms with Crippen LogP contribution < -0.4 is 19.6 Å². The molecule has 5 aromatic rings. The first-order chi connectivity index (χ1) is 27.3. The number of nitrogens with zero attached hydrogens (tertiary/aromatic N) is 4. The molecule has 292 valence electrons. The van der Waals surface area contributed by atoms with Crippen molar-refractivity contribution in [1.82, 2.24) is 9.80 Å². The smallest absolute Gasteiger partial charge is 0.261 e. The van der Waals surface area contributed by atoms with Gasteiger partial charge in [0.1, 0.15) is 0 Å². The Morgan fingerprint density at radius 3 is 1.16 bits per heavy atom. The van der Waals surface area contributed by atoms with Gasteiger partial charge in [-0.15, -0.1) is 0 Å². The summed E-state index contributed by atoms with van der Waals surface area (Å²) in [6.45, 7) is 18.0. The van der Waals surface area contributed by atoms with E-state index >= 15 is 0 Å². The maximum Gasteiger partial charge on any atom is 0.261 e. The van der Waals surface area contributed by atoms with E-state index in [1.54, 1.807) is 0 Å². The van der Waals surface area contributed by atoms with Crippen molar-refractivity contribution in [3.63, 3.8) is 0 Å². The van der Waals surface area contributed by atoms with Crippen molar-refractivity contribution in [1.29, 1.82) is 0 Å². The number of rotatable bonds is 12. The summed E-state index contributed by atoms with van der Waals surface area (Å²) in [6.07, 6.45) is 6.58. The van der Waals surface area contributed by atoms with Crippen molar-refractivity contribution < 1.29 is 29.0 Å². The number of likely N-dealkylation sites (N-methyl/N-ethyl adjacent to an activating group) is 2. The number of quaternary nitrogens is 2. The monoisotopic (exact) mass is 756 g/mol. The summed E-state index contributed by atoms with van der Waals surface area (Å²) >= 11 is 0. The van der Waals surface area contributed by atoms with Crippen molar-refractivity contribution in [2.75, 3.05) is 88.3 Å². The summed E-state index contributed by atoms with van der Waals surface area (Å²) in [5.41, 5.74) is 4.35. The van der Waals surface area contributed by atoms with E-state index < -0.39 is 0 Å². The molecule has 5 aromatic carbocycles. The molecule has 2 saturated heterocycles. The van der Waals surface area contributed by atoms with Crippen LogP contribution in [0.2, 0.25) is 0 Å². The third-order valence-corrected chi connectivity index (χ3v) is 13.7. The van der Waals surface area contributed by atoms with E-state index in [0.717, 1.165) is 145 Å². The van der Waals surface area contributed by atoms with E-state index in [1.165, 1.54) is 19.6 Å². The number of fused-ring (bicyclic) bond motifs is 2. The van der Waals surface area contributed by atoms with Crippen LogP contribution in [0, 0.1) is 0 Å². The summed E-state index contributed by atoms with van der Waals surface area (Å²) in [6, 6.07) is 12.2. The molecule has 0 radical (unpaired) electrons. The lowest BCUT2D eigenvalue weighted by Crippen LogP contribution is -3.12. The van der Waals surface area contributed by atoms with E-state index in [1.807, 2.05) is 12.1 Å². The van der Waals surface area contributed by atoms with Crippen LogP contribution in [0.15, 0.2) is 36.4 Å². The van der Waals surface area contributed by atoms with Crippen LogP contribution in [0.5, 0.6) is 0 Å². The molecule has 0 bridgehead atoms. The second-order valence-electron chi connectivity index (χ2n) is 16.5. The Morgan fingerprint density at radius 1 is 0.446 bits per heavy atom. The van der Waals surface area contributed by atoms with Crippen LogP contribution in [0.25, 0.3) is 43.1 Å². The molecule has 0 spiro atoms. The highest BCUT2D eigenvalue weighted by molar-refractivity contribution is 6.44. The van der Waals surface area contributed by atoms with Crippen LogP contribution in [-0.2, 0) is 0 Å². The molecule has 10 nitrogen and oxygen atoms in total. The first kappa shape index (κ1) is 36.8. The molecular weight excluding hydrogens is 701 g/mol. The molecule has 0 unspecified atom stereocenters. The lowest BCUT2D eigenvalue weighted by atomic mass is 9.80. The fourth-order valence-electron chi connectivity index (χ4n) is 10.4. The number of hydrogen-bond acceptors (Lipinski definition) is 6. The van der Waals surface area contributed by atoms with Gasteiger partial charge in [-0.3, -0.25) is 29.0 Å². The van der Waals surface area contributed by atoms with Gasteiger partial charge in [0.2, 0.25) is 0 Å². The largest absolute Gasteiger partial charge is 0.371 e. The molecule has 2 fully saturated rings. The highest BCUT2D eigenvalue weighted by atomic mass is 16.2. The van der Waals surface area contributed by atoms with Gasteiger partial charge in [0, 0.05) is 81.0 Å². The van der Waals surface area contributed by atoms with E-state index in [-0.39, 0.29) is 23.6 Å². The Bertz CT molecular complexity index is 2230. The van der Waals surface area contributed by atoms with E-state index in [9.17, 15) is 19.2 Å². The Hall–Kier alpha value is -4.80. The van der Waals surface area contributed by atoms with Crippen molar-refractivity contribution >= 4 is 78.1 Å². The Kier molecular flexibility index (Phi) is 9.60. The average molecular weight is 757 g/mol. The number of hydrogen-bond donors (Lipinski definition) is 2. The topological polar surface area (TPSA) is 90.1 Å². The Labute approximate surface area is 329 Å². The summed E-state index contributed by atoms with van der Waals surface area (Å²) < 4.78 is 0. The maximum atomic E-state index is 14.7. The quantitative estimate of drug-likeness (QED) is 0.109. The van der Waals surface area contributed by atoms with Crippen LogP contribution in [0.3, 0.4) is 0 Å². The van der Waals surface area contributed by atoms with Gasteiger partial charge in [-0.2, -0.15) is 0 Å². The van der Waals surface area contributed by atoms with Crippen molar-refractivity contribution in [3.8, 4) is 0 Å². The van der Waals surface area contributed by atoms with Gasteiger partial charge < -0.3 is 19.6 Å². The number of anilines is 2. The number of nitrogens with one attached hydrogen (secondary N) is 2. The second kappa shape index (κ2) is 14.6. The number of carbonyl (C=O) groups excluding carboxylic acids is 4. The lowest BCUT2D eigenvalue weighted by Gasteiger charge is -2.36. The van der Waals surface area contributed by atoms with Crippen molar-refractivity contribution in [2.45, 2.75) is 66.2 Å². The molecule has 0 atom stereocenters. The first-order valence-electron chi connectivity index (χ1n) is 21.5. The summed E-state index contributed by atoms with van der Waals surface area (Å²) in [5, 5.41) is 7.34. The SMILES string of the molecule is CC[NH+](CC)CCN1C(=O)c2ccc3c4c(N5CCCCC5)cc5c6c(ccc(c7c(N8CCCCC8)cc(c2c37)C1=O)c64)C(=O)N(CC[NH+](CC)CC)C5=O. The van der Waals surface area contributed by atoms with Crippen molar-refractivity contribution in [3.05, 3.63) is 58.7 Å². The molecule has 10 heteroatoms. The first-order valence-corrected chi connectivity index (χ1v) is 21.5. The van der Waals surface area contributed by atoms with Gasteiger partial charge in [0.15, 0.2) is 0 Å². The number of piperidine rings is 2. The molecule has 0 saturated carbocycles. The minimum atomic E-state index is -0.229. The molecule has 4 amide bonds. The zero-order chi connectivity index (χ0) is 38.8. The number of benzene rings is 5. The molecule has 0 aliphatic carbocycles. The molecule has 9 rings (SSSR count). The number of imide groups is 2. The Balaban J connectivity index is 1.35. The van der Waals surface area contributed by atoms with Gasteiger partial charge in [0.05, 0.1) is 63.5 Å². The molecular formula is C46H56N6O4+2. The molecule has 56 heavy (non-hydrogen) atoms. The van der Waals surface area contributed by atoms with Crippen LogP contribution in [-0.4, -0.2) is 112 Å².